The molecule has 0 bridgehead atoms. The van der Waals surface area contributed by atoms with E-state index >= 15 is 0 Å². The van der Waals surface area contributed by atoms with E-state index in [2.05, 4.69) is 72.8 Å². The number of ether oxygens (including phenoxy) is 4. The van der Waals surface area contributed by atoms with Gasteiger partial charge in [0, 0.05) is 25.7 Å². The fraction of sp³-hybridized carbons (Fsp3) is 0.896. The van der Waals surface area contributed by atoms with Crippen molar-refractivity contribution in [3.05, 3.63) is 24.3 Å². The third kappa shape index (κ3) is 68.7. The molecule has 3 N–H and O–H groups in total. The number of carbonyl (C=O) groups excluding carboxylic acids is 4. The molecule has 0 aliphatic heterocycles. The molecule has 0 aliphatic carbocycles. The van der Waals surface area contributed by atoms with Crippen LogP contribution >= 0.6 is 15.6 Å². The van der Waals surface area contributed by atoms with E-state index in [1.165, 1.54) is 167 Å². The Bertz CT molecular complexity index is 1970. The lowest BCUT2D eigenvalue weighted by molar-refractivity contribution is -0.161. The predicted octanol–water partition coefficient (Wildman–Crippen LogP) is 22.1. The molecule has 3 unspecified atom stereocenters. The summed E-state index contributed by atoms with van der Waals surface area (Å²) in [6, 6.07) is 0. The molecular weight excluding hydrogens is 1260 g/mol. The standard InChI is InChI=1S/C77H146O17P2/c1-8-10-11-12-13-14-15-16-17-18-21-32-39-46-53-60-76(81)93-72(64-87-74(79)58-51-44-37-30-22-19-20-27-34-41-48-55-68(3)4)66-91-95(83,84)89-62-71(78)63-90-96(85,86)92-67-73(65-88-75(80)59-52-45-38-31-25-23-28-35-42-49-56-69(5)6)94-77(82)61-54-47-40-33-26-24-29-36-43-50-57-70(7)9-2/h14-17,68-73,78H,8-13,18-67H2,1-7H3,(H,83,84)(H,85,86)/b15-14-,17-16-/t70?,71-,72-,73-/m1/s1. The molecule has 0 aromatic rings. The first-order valence-electron chi connectivity index (χ1n) is 39.2. The Morgan fingerprint density at radius 2 is 0.615 bits per heavy atom. The fourth-order valence-electron chi connectivity index (χ4n) is 11.2. The fourth-order valence-corrected chi connectivity index (χ4v) is 12.8. The third-order valence-corrected chi connectivity index (χ3v) is 19.5. The highest BCUT2D eigenvalue weighted by Crippen LogP contribution is 2.45. The van der Waals surface area contributed by atoms with Crippen molar-refractivity contribution in [2.45, 2.75) is 388 Å². The second kappa shape index (κ2) is 67.1. The summed E-state index contributed by atoms with van der Waals surface area (Å²) in [5.41, 5.74) is 0. The number of hydrogen-bond donors (Lipinski definition) is 3. The van der Waals surface area contributed by atoms with Crippen molar-refractivity contribution in [2.75, 3.05) is 39.6 Å². The average molecular weight is 1410 g/mol. The van der Waals surface area contributed by atoms with Gasteiger partial charge in [0.25, 0.3) is 0 Å². The Balaban J connectivity index is 5.32. The normalized spacial score (nSPS) is 14.5. The molecule has 0 rings (SSSR count). The van der Waals surface area contributed by atoms with Gasteiger partial charge in [0.2, 0.25) is 0 Å². The van der Waals surface area contributed by atoms with Crippen LogP contribution in [0.3, 0.4) is 0 Å². The summed E-state index contributed by atoms with van der Waals surface area (Å²) < 4.78 is 68.6. The zero-order valence-corrected chi connectivity index (χ0v) is 64.1. The lowest BCUT2D eigenvalue weighted by Gasteiger charge is -2.21. The highest BCUT2D eigenvalue weighted by atomic mass is 31.2. The Hall–Kier alpha value is -2.46. The van der Waals surface area contributed by atoms with Crippen LogP contribution < -0.4 is 0 Å². The van der Waals surface area contributed by atoms with Gasteiger partial charge in [-0.1, -0.05) is 317 Å². The highest BCUT2D eigenvalue weighted by molar-refractivity contribution is 7.47. The molecule has 0 saturated carbocycles. The van der Waals surface area contributed by atoms with E-state index in [4.69, 9.17) is 37.0 Å². The SMILES string of the molecule is CCCCCC/C=C\C=C/CCCCCCCC(=O)O[C@H](COC(=O)CCCCCCCCCCCCCC(C)C)COP(=O)(O)OC[C@@H](O)COP(=O)(O)OC[C@@H](COC(=O)CCCCCCCCCCCCC(C)C)OC(=O)CCCCCCCCCCCCC(C)CC. The molecule has 0 radical (unpaired) electrons. The second-order valence-electron chi connectivity index (χ2n) is 28.3. The summed E-state index contributed by atoms with van der Waals surface area (Å²) in [4.78, 5) is 72.9. The van der Waals surface area contributed by atoms with Gasteiger partial charge in [0.1, 0.15) is 19.3 Å². The smallest absolute Gasteiger partial charge is 0.462 e. The van der Waals surface area contributed by atoms with Gasteiger partial charge in [-0.05, 0) is 69.1 Å². The minimum atomic E-state index is -4.97. The first kappa shape index (κ1) is 93.5. The summed E-state index contributed by atoms with van der Waals surface area (Å²) in [6.07, 6.45) is 56.1. The van der Waals surface area contributed by atoms with Crippen LogP contribution in [0.25, 0.3) is 0 Å². The zero-order valence-electron chi connectivity index (χ0n) is 62.3. The number of phosphoric ester groups is 2. The van der Waals surface area contributed by atoms with Gasteiger partial charge in [-0.3, -0.25) is 37.3 Å². The van der Waals surface area contributed by atoms with Crippen molar-refractivity contribution in [1.82, 2.24) is 0 Å². The quantitative estimate of drug-likeness (QED) is 0.0169. The topological polar surface area (TPSA) is 237 Å². The van der Waals surface area contributed by atoms with Crippen molar-refractivity contribution in [3.63, 3.8) is 0 Å². The highest BCUT2D eigenvalue weighted by Gasteiger charge is 2.30. The molecule has 0 amide bonds. The first-order valence-corrected chi connectivity index (χ1v) is 42.2. The molecule has 6 atom stereocenters. The van der Waals surface area contributed by atoms with Crippen molar-refractivity contribution >= 4 is 39.5 Å². The zero-order chi connectivity index (χ0) is 70.9. The first-order chi connectivity index (χ1) is 46.3. The number of esters is 4. The van der Waals surface area contributed by atoms with Crippen LogP contribution in [-0.2, 0) is 65.4 Å². The molecule has 19 heteroatoms. The van der Waals surface area contributed by atoms with Gasteiger partial charge in [-0.15, -0.1) is 0 Å². The van der Waals surface area contributed by atoms with Crippen LogP contribution in [-0.4, -0.2) is 96.7 Å². The number of aliphatic hydroxyl groups excluding tert-OH is 1. The summed E-state index contributed by atoms with van der Waals surface area (Å²) in [5, 5.41) is 10.6. The Labute approximate surface area is 586 Å². The minimum Gasteiger partial charge on any atom is -0.462 e. The van der Waals surface area contributed by atoms with Crippen molar-refractivity contribution in [1.29, 1.82) is 0 Å². The maximum atomic E-state index is 13.1. The predicted molar refractivity (Wildman–Crippen MR) is 390 cm³/mol. The minimum absolute atomic E-state index is 0.0846. The Morgan fingerprint density at radius 1 is 0.344 bits per heavy atom. The number of unbranched alkanes of at least 4 members (excludes halogenated alkanes) is 37. The summed E-state index contributed by atoms with van der Waals surface area (Å²) in [6.45, 7) is 11.9. The largest absolute Gasteiger partial charge is 0.472 e. The van der Waals surface area contributed by atoms with Gasteiger partial charge in [-0.2, -0.15) is 0 Å². The Kier molecular flexibility index (Phi) is 65.3. The van der Waals surface area contributed by atoms with Crippen LogP contribution in [0, 0.1) is 17.8 Å². The van der Waals surface area contributed by atoms with E-state index in [1.807, 2.05) is 0 Å². The van der Waals surface area contributed by atoms with Gasteiger partial charge in [-0.25, -0.2) is 9.13 Å². The van der Waals surface area contributed by atoms with E-state index in [-0.39, 0.29) is 25.7 Å². The van der Waals surface area contributed by atoms with Gasteiger partial charge in [0.05, 0.1) is 26.4 Å². The van der Waals surface area contributed by atoms with Crippen molar-refractivity contribution < 1.29 is 80.2 Å². The molecule has 0 fully saturated rings. The lowest BCUT2D eigenvalue weighted by Crippen LogP contribution is -2.30. The molecular formula is C77H146O17P2. The van der Waals surface area contributed by atoms with Crippen LogP contribution in [0.1, 0.15) is 370 Å². The number of hydrogen-bond acceptors (Lipinski definition) is 15. The maximum Gasteiger partial charge on any atom is 0.472 e. The van der Waals surface area contributed by atoms with E-state index in [0.29, 0.717) is 25.7 Å². The molecule has 0 saturated heterocycles. The second-order valence-corrected chi connectivity index (χ2v) is 31.2. The van der Waals surface area contributed by atoms with E-state index in [9.17, 15) is 43.2 Å². The van der Waals surface area contributed by atoms with Crippen molar-refractivity contribution in [2.24, 2.45) is 17.8 Å². The molecule has 0 aromatic heterocycles. The number of allylic oxidation sites excluding steroid dienone is 4. The van der Waals surface area contributed by atoms with Gasteiger partial charge >= 0.3 is 39.5 Å². The molecule has 0 aromatic carbocycles. The summed E-state index contributed by atoms with van der Waals surface area (Å²) in [5.74, 6) is 0.181. The van der Waals surface area contributed by atoms with Crippen LogP contribution in [0.15, 0.2) is 24.3 Å². The van der Waals surface area contributed by atoms with E-state index in [0.717, 1.165) is 120 Å². The Morgan fingerprint density at radius 3 is 0.927 bits per heavy atom. The van der Waals surface area contributed by atoms with E-state index < -0.39 is 97.5 Å². The molecule has 0 aliphatic rings. The molecule has 0 heterocycles. The number of phosphoric acid groups is 2. The summed E-state index contributed by atoms with van der Waals surface area (Å²) in [7, 11) is -9.93. The molecule has 96 heavy (non-hydrogen) atoms. The number of carbonyl (C=O) groups is 4. The van der Waals surface area contributed by atoms with Gasteiger partial charge in [0.15, 0.2) is 12.2 Å². The van der Waals surface area contributed by atoms with Crippen LogP contribution in [0.5, 0.6) is 0 Å². The summed E-state index contributed by atoms with van der Waals surface area (Å²) >= 11 is 0. The monoisotopic (exact) mass is 1410 g/mol. The molecule has 0 spiro atoms. The lowest BCUT2D eigenvalue weighted by atomic mass is 9.99. The van der Waals surface area contributed by atoms with Gasteiger partial charge < -0.3 is 33.8 Å². The average Bonchev–Trinajstić information content (AvgIpc) is 1.26. The molecule has 17 nitrogen and oxygen atoms in total. The third-order valence-electron chi connectivity index (χ3n) is 17.6. The number of rotatable bonds is 73. The van der Waals surface area contributed by atoms with Crippen LogP contribution in [0.2, 0.25) is 0 Å². The van der Waals surface area contributed by atoms with Crippen molar-refractivity contribution in [3.8, 4) is 0 Å². The maximum absolute atomic E-state index is 13.1. The number of aliphatic hydroxyl groups is 1. The van der Waals surface area contributed by atoms with E-state index in [1.54, 1.807) is 0 Å². The molecule has 566 valence electrons. The van der Waals surface area contributed by atoms with Crippen LogP contribution in [0.4, 0.5) is 0 Å².